The van der Waals surface area contributed by atoms with Crippen LogP contribution in [0, 0.1) is 0 Å². The molecule has 0 fully saturated rings. The van der Waals surface area contributed by atoms with Gasteiger partial charge in [-0.3, -0.25) is 0 Å². The van der Waals surface area contributed by atoms with Gasteiger partial charge < -0.3 is 9.67 Å². The van der Waals surface area contributed by atoms with Gasteiger partial charge in [0, 0.05) is 19.0 Å². The van der Waals surface area contributed by atoms with Crippen molar-refractivity contribution in [2.45, 2.75) is 6.54 Å². The zero-order valence-corrected chi connectivity index (χ0v) is 10.4. The summed E-state index contributed by atoms with van der Waals surface area (Å²) >= 11 is 3.16. The lowest BCUT2D eigenvalue weighted by molar-refractivity contribution is 0.0697. The van der Waals surface area contributed by atoms with Crippen LogP contribution in [0.15, 0.2) is 16.9 Å². The third-order valence-corrected chi connectivity index (χ3v) is 3.40. The first-order chi connectivity index (χ1) is 6.79. The third kappa shape index (κ3) is 3.67. The molecule has 0 atom stereocenters. The average molecular weight is 296 g/mol. The SMILES string of the molecule is CS(=O)(=O)CCn1cc(C(=O)O)cc1Br. The predicted octanol–water partition coefficient (Wildman–Crippen LogP) is 0.993. The molecule has 0 aliphatic heterocycles. The van der Waals surface area contributed by atoms with Crippen molar-refractivity contribution >= 4 is 31.7 Å². The van der Waals surface area contributed by atoms with E-state index in [0.29, 0.717) is 4.60 Å². The zero-order valence-electron chi connectivity index (χ0n) is 7.97. The summed E-state index contributed by atoms with van der Waals surface area (Å²) in [5.74, 6) is -1.05. The third-order valence-electron chi connectivity index (χ3n) is 1.79. The van der Waals surface area contributed by atoms with Gasteiger partial charge in [-0.15, -0.1) is 0 Å². The number of aryl methyl sites for hydroxylation is 1. The van der Waals surface area contributed by atoms with E-state index in [2.05, 4.69) is 15.9 Å². The Labute approximate surface area is 95.8 Å². The number of hydrogen-bond donors (Lipinski definition) is 1. The van der Waals surface area contributed by atoms with Crippen molar-refractivity contribution < 1.29 is 18.3 Å². The lowest BCUT2D eigenvalue weighted by atomic mass is 10.4. The smallest absolute Gasteiger partial charge is 0.337 e. The van der Waals surface area contributed by atoms with Gasteiger partial charge in [-0.05, 0) is 22.0 Å². The fraction of sp³-hybridized carbons (Fsp3) is 0.375. The van der Waals surface area contributed by atoms with Crippen molar-refractivity contribution in [3.05, 3.63) is 22.4 Å². The van der Waals surface area contributed by atoms with E-state index in [1.54, 1.807) is 4.57 Å². The van der Waals surface area contributed by atoms with Gasteiger partial charge in [-0.25, -0.2) is 13.2 Å². The Kier molecular flexibility index (Phi) is 3.56. The van der Waals surface area contributed by atoms with E-state index in [4.69, 9.17) is 5.11 Å². The molecule has 0 aromatic carbocycles. The van der Waals surface area contributed by atoms with Gasteiger partial charge in [0.05, 0.1) is 15.9 Å². The zero-order chi connectivity index (χ0) is 11.6. The Balaban J connectivity index is 2.82. The number of hydrogen-bond acceptors (Lipinski definition) is 3. The molecule has 1 N–H and O–H groups in total. The first kappa shape index (κ1) is 12.3. The Morgan fingerprint density at radius 3 is 2.60 bits per heavy atom. The van der Waals surface area contributed by atoms with Crippen molar-refractivity contribution in [2.75, 3.05) is 12.0 Å². The number of halogens is 1. The largest absolute Gasteiger partial charge is 0.478 e. The molecule has 0 saturated carbocycles. The predicted molar refractivity (Wildman–Crippen MR) is 58.8 cm³/mol. The topological polar surface area (TPSA) is 76.4 Å². The van der Waals surface area contributed by atoms with Gasteiger partial charge in [-0.1, -0.05) is 0 Å². The lowest BCUT2D eigenvalue weighted by Crippen LogP contribution is -2.10. The maximum atomic E-state index is 10.9. The summed E-state index contributed by atoms with van der Waals surface area (Å²) < 4.78 is 23.9. The Bertz CT molecular complexity index is 477. The second-order valence-corrected chi connectivity index (χ2v) is 6.25. The molecule has 1 aromatic heterocycles. The molecule has 0 bridgehead atoms. The Hall–Kier alpha value is -0.820. The lowest BCUT2D eigenvalue weighted by Gasteiger charge is -2.02. The van der Waals surface area contributed by atoms with E-state index < -0.39 is 15.8 Å². The normalized spacial score (nSPS) is 11.6. The van der Waals surface area contributed by atoms with Crippen molar-refractivity contribution in [3.8, 4) is 0 Å². The molecule has 0 unspecified atom stereocenters. The van der Waals surface area contributed by atoms with E-state index in [0.717, 1.165) is 6.26 Å². The molecular weight excluding hydrogens is 286 g/mol. The Morgan fingerprint density at radius 2 is 2.20 bits per heavy atom. The van der Waals surface area contributed by atoms with Crippen LogP contribution in [-0.4, -0.2) is 36.1 Å². The monoisotopic (exact) mass is 295 g/mol. The molecule has 5 nitrogen and oxygen atoms in total. The summed E-state index contributed by atoms with van der Waals surface area (Å²) in [7, 11) is -3.04. The molecule has 84 valence electrons. The van der Waals surface area contributed by atoms with Crippen molar-refractivity contribution in [1.29, 1.82) is 0 Å². The van der Waals surface area contributed by atoms with E-state index >= 15 is 0 Å². The van der Waals surface area contributed by atoms with Gasteiger partial charge in [0.25, 0.3) is 0 Å². The minimum Gasteiger partial charge on any atom is -0.478 e. The van der Waals surface area contributed by atoms with E-state index in [1.807, 2.05) is 0 Å². The molecule has 15 heavy (non-hydrogen) atoms. The number of rotatable bonds is 4. The quantitative estimate of drug-likeness (QED) is 0.899. The molecule has 1 rings (SSSR count). The van der Waals surface area contributed by atoms with Crippen LogP contribution in [-0.2, 0) is 16.4 Å². The highest BCUT2D eigenvalue weighted by Crippen LogP contribution is 2.15. The van der Waals surface area contributed by atoms with Crippen LogP contribution in [0.3, 0.4) is 0 Å². The van der Waals surface area contributed by atoms with E-state index in [1.165, 1.54) is 12.3 Å². The number of sulfone groups is 1. The second kappa shape index (κ2) is 4.36. The van der Waals surface area contributed by atoms with Gasteiger partial charge in [-0.2, -0.15) is 0 Å². The van der Waals surface area contributed by atoms with Gasteiger partial charge in [0.1, 0.15) is 9.84 Å². The van der Waals surface area contributed by atoms with Crippen molar-refractivity contribution in [1.82, 2.24) is 4.57 Å². The van der Waals surface area contributed by atoms with Gasteiger partial charge in [0.2, 0.25) is 0 Å². The summed E-state index contributed by atoms with van der Waals surface area (Å²) in [6.07, 6.45) is 2.54. The molecule has 0 aliphatic carbocycles. The number of carboxylic acid groups (broad SMARTS) is 1. The molecule has 0 amide bonds. The summed E-state index contributed by atoms with van der Waals surface area (Å²) in [6.45, 7) is 0.243. The highest BCUT2D eigenvalue weighted by atomic mass is 79.9. The standard InChI is InChI=1S/C8H10BrNO4S/c1-15(13,14)3-2-10-5-6(8(11)12)4-7(10)9/h4-5H,2-3H2,1H3,(H,11,12). The van der Waals surface area contributed by atoms with Crippen LogP contribution in [0.4, 0.5) is 0 Å². The molecule has 0 saturated heterocycles. The van der Waals surface area contributed by atoms with Gasteiger partial charge in [0.15, 0.2) is 0 Å². The maximum absolute atomic E-state index is 10.9. The van der Waals surface area contributed by atoms with Crippen LogP contribution in [0.1, 0.15) is 10.4 Å². The summed E-state index contributed by atoms with van der Waals surface area (Å²) in [6, 6.07) is 1.44. The van der Waals surface area contributed by atoms with Crippen LogP contribution in [0.5, 0.6) is 0 Å². The number of carboxylic acids is 1. The van der Waals surface area contributed by atoms with Crippen LogP contribution in [0.25, 0.3) is 0 Å². The van der Waals surface area contributed by atoms with Crippen molar-refractivity contribution in [3.63, 3.8) is 0 Å². The summed E-state index contributed by atoms with van der Waals surface area (Å²) in [4.78, 5) is 10.6. The van der Waals surface area contributed by atoms with Gasteiger partial charge >= 0.3 is 5.97 Å². The van der Waals surface area contributed by atoms with Crippen molar-refractivity contribution in [2.24, 2.45) is 0 Å². The number of carbonyl (C=O) groups is 1. The van der Waals surface area contributed by atoms with E-state index in [-0.39, 0.29) is 17.9 Å². The number of nitrogens with zero attached hydrogens (tertiary/aromatic N) is 1. The molecule has 0 radical (unpaired) electrons. The molecule has 0 aliphatic rings. The number of aromatic nitrogens is 1. The first-order valence-electron chi connectivity index (χ1n) is 4.06. The second-order valence-electron chi connectivity index (χ2n) is 3.18. The molecule has 7 heteroatoms. The molecule has 1 heterocycles. The minimum absolute atomic E-state index is 0.0145. The summed E-state index contributed by atoms with van der Waals surface area (Å²) in [5.41, 5.74) is 0.135. The highest BCUT2D eigenvalue weighted by molar-refractivity contribution is 9.10. The average Bonchev–Trinajstić information content (AvgIpc) is 2.42. The van der Waals surface area contributed by atoms with Crippen LogP contribution < -0.4 is 0 Å². The fourth-order valence-electron chi connectivity index (χ4n) is 1.03. The van der Waals surface area contributed by atoms with Crippen LogP contribution in [0.2, 0.25) is 0 Å². The minimum atomic E-state index is -3.04. The van der Waals surface area contributed by atoms with Crippen LogP contribution >= 0.6 is 15.9 Å². The Morgan fingerprint density at radius 1 is 1.60 bits per heavy atom. The molecule has 0 spiro atoms. The number of aromatic carboxylic acids is 1. The summed E-state index contributed by atoms with van der Waals surface area (Å²) in [5, 5.41) is 8.70. The highest BCUT2D eigenvalue weighted by Gasteiger charge is 2.10. The first-order valence-corrected chi connectivity index (χ1v) is 6.91. The van der Waals surface area contributed by atoms with E-state index in [9.17, 15) is 13.2 Å². The fourth-order valence-corrected chi connectivity index (χ4v) is 2.09. The molecular formula is C8H10BrNO4S. The molecule has 1 aromatic rings. The maximum Gasteiger partial charge on any atom is 0.337 e.